The van der Waals surface area contributed by atoms with Crippen molar-refractivity contribution in [3.8, 4) is 0 Å². The first kappa shape index (κ1) is 19.4. The summed E-state index contributed by atoms with van der Waals surface area (Å²) in [7, 11) is 0. The summed E-state index contributed by atoms with van der Waals surface area (Å²) in [6.45, 7) is 7.93. The predicted octanol–water partition coefficient (Wildman–Crippen LogP) is 3.76. The van der Waals surface area contributed by atoms with E-state index in [-0.39, 0.29) is 35.9 Å². The summed E-state index contributed by atoms with van der Waals surface area (Å²) in [5.41, 5.74) is 2.31. The van der Waals surface area contributed by atoms with Crippen LogP contribution in [0.2, 0.25) is 0 Å². The Labute approximate surface area is 163 Å². The summed E-state index contributed by atoms with van der Waals surface area (Å²) < 4.78 is 0. The van der Waals surface area contributed by atoms with Gasteiger partial charge < -0.3 is 10.2 Å². The van der Waals surface area contributed by atoms with E-state index in [1.807, 2.05) is 58.0 Å². The number of benzene rings is 1. The van der Waals surface area contributed by atoms with E-state index in [0.29, 0.717) is 5.69 Å². The van der Waals surface area contributed by atoms with Gasteiger partial charge in [-0.05, 0) is 32.0 Å². The first-order valence-corrected chi connectivity index (χ1v) is 10.0. The van der Waals surface area contributed by atoms with Crippen LogP contribution in [0.3, 0.4) is 0 Å². The zero-order chi connectivity index (χ0) is 19.6. The van der Waals surface area contributed by atoms with Gasteiger partial charge in [-0.15, -0.1) is 0 Å². The van der Waals surface area contributed by atoms with Crippen molar-refractivity contribution in [2.45, 2.75) is 51.1 Å². The fourth-order valence-electron chi connectivity index (χ4n) is 3.07. The number of amides is 2. The van der Waals surface area contributed by atoms with Crippen LogP contribution >= 0.6 is 11.8 Å². The van der Waals surface area contributed by atoms with Crippen LogP contribution in [0.4, 0.5) is 11.4 Å². The normalized spacial score (nSPS) is 16.7. The lowest BCUT2D eigenvalue weighted by atomic mass is 10.2. The standard InChI is InChI=1S/C20H24N4O2S/c1-12(2)20-21-13(3)9-18(23-20)27-11-19(26)24-14(4)10-17(25)22-15-7-5-6-8-16(15)24/h5-9,12,14H,10-11H2,1-4H3,(H,22,25)/t14-/m1/s1. The number of aromatic nitrogens is 2. The van der Waals surface area contributed by atoms with E-state index in [1.165, 1.54) is 11.8 Å². The number of carbonyl (C=O) groups excluding carboxylic acids is 2. The van der Waals surface area contributed by atoms with Gasteiger partial charge in [-0.25, -0.2) is 9.97 Å². The fourth-order valence-corrected chi connectivity index (χ4v) is 3.89. The van der Waals surface area contributed by atoms with Crippen LogP contribution in [-0.4, -0.2) is 33.6 Å². The summed E-state index contributed by atoms with van der Waals surface area (Å²) in [6, 6.07) is 9.10. The minimum absolute atomic E-state index is 0.0428. The summed E-state index contributed by atoms with van der Waals surface area (Å²) in [5, 5.41) is 3.67. The molecule has 1 atom stereocenters. The molecular formula is C20H24N4O2S. The molecule has 0 fully saturated rings. The van der Waals surface area contributed by atoms with E-state index in [4.69, 9.17) is 0 Å². The highest BCUT2D eigenvalue weighted by Crippen LogP contribution is 2.32. The monoisotopic (exact) mass is 384 g/mol. The van der Waals surface area contributed by atoms with Crippen molar-refractivity contribution in [3.63, 3.8) is 0 Å². The number of rotatable bonds is 4. The Kier molecular flexibility index (Phi) is 5.79. The van der Waals surface area contributed by atoms with E-state index in [1.54, 1.807) is 4.90 Å². The number of hydrogen-bond donors (Lipinski definition) is 1. The molecule has 2 heterocycles. The maximum absolute atomic E-state index is 13.0. The van der Waals surface area contributed by atoms with Crippen LogP contribution in [0.5, 0.6) is 0 Å². The minimum Gasteiger partial charge on any atom is -0.324 e. The molecule has 0 unspecified atom stereocenters. The topological polar surface area (TPSA) is 75.2 Å². The number of anilines is 2. The number of para-hydroxylation sites is 2. The number of thioether (sulfide) groups is 1. The number of nitrogens with one attached hydrogen (secondary N) is 1. The molecule has 0 spiro atoms. The molecule has 0 saturated carbocycles. The Morgan fingerprint density at radius 2 is 2.07 bits per heavy atom. The Balaban J connectivity index is 1.81. The third-order valence-electron chi connectivity index (χ3n) is 4.34. The van der Waals surface area contributed by atoms with E-state index < -0.39 is 0 Å². The maximum Gasteiger partial charge on any atom is 0.237 e. The molecule has 0 saturated heterocycles. The maximum atomic E-state index is 13.0. The van der Waals surface area contributed by atoms with Gasteiger partial charge in [-0.1, -0.05) is 37.7 Å². The second kappa shape index (κ2) is 8.08. The van der Waals surface area contributed by atoms with E-state index in [0.717, 1.165) is 22.2 Å². The summed E-state index contributed by atoms with van der Waals surface area (Å²) in [5.74, 6) is 1.15. The average Bonchev–Trinajstić information content (AvgIpc) is 2.73. The predicted molar refractivity (Wildman–Crippen MR) is 108 cm³/mol. The zero-order valence-electron chi connectivity index (χ0n) is 16.0. The van der Waals surface area contributed by atoms with Crippen LogP contribution in [0.25, 0.3) is 0 Å². The quantitative estimate of drug-likeness (QED) is 0.642. The zero-order valence-corrected chi connectivity index (χ0v) is 16.8. The highest BCUT2D eigenvalue weighted by molar-refractivity contribution is 7.99. The molecule has 1 aliphatic rings. The van der Waals surface area contributed by atoms with Crippen molar-refractivity contribution in [3.05, 3.63) is 41.9 Å². The van der Waals surface area contributed by atoms with Gasteiger partial charge in [0.1, 0.15) is 10.9 Å². The fraction of sp³-hybridized carbons (Fsp3) is 0.400. The van der Waals surface area contributed by atoms with Crippen LogP contribution in [-0.2, 0) is 9.59 Å². The molecule has 1 aliphatic heterocycles. The average molecular weight is 385 g/mol. The lowest BCUT2D eigenvalue weighted by Gasteiger charge is -2.27. The van der Waals surface area contributed by atoms with Crippen molar-refractivity contribution >= 4 is 35.0 Å². The molecule has 142 valence electrons. The van der Waals surface area contributed by atoms with Crippen molar-refractivity contribution in [1.82, 2.24) is 9.97 Å². The van der Waals surface area contributed by atoms with E-state index in [2.05, 4.69) is 15.3 Å². The molecule has 27 heavy (non-hydrogen) atoms. The highest BCUT2D eigenvalue weighted by Gasteiger charge is 2.29. The van der Waals surface area contributed by atoms with E-state index >= 15 is 0 Å². The summed E-state index contributed by atoms with van der Waals surface area (Å²) in [6.07, 6.45) is 0.273. The molecule has 0 radical (unpaired) electrons. The van der Waals surface area contributed by atoms with Gasteiger partial charge in [0.2, 0.25) is 11.8 Å². The molecular weight excluding hydrogens is 360 g/mol. The van der Waals surface area contributed by atoms with Crippen molar-refractivity contribution in [2.24, 2.45) is 0 Å². The second-order valence-corrected chi connectivity index (χ2v) is 8.03. The van der Waals surface area contributed by atoms with Crippen LogP contribution in [0.1, 0.15) is 44.6 Å². The lowest BCUT2D eigenvalue weighted by Crippen LogP contribution is -2.40. The minimum atomic E-state index is -0.208. The van der Waals surface area contributed by atoms with Crippen molar-refractivity contribution in [1.29, 1.82) is 0 Å². The molecule has 2 aromatic rings. The smallest absolute Gasteiger partial charge is 0.237 e. The number of hydrogen-bond acceptors (Lipinski definition) is 5. The summed E-state index contributed by atoms with van der Waals surface area (Å²) >= 11 is 1.40. The van der Waals surface area contributed by atoms with Gasteiger partial charge in [0.25, 0.3) is 0 Å². The molecule has 0 aliphatic carbocycles. The second-order valence-electron chi connectivity index (χ2n) is 7.03. The van der Waals surface area contributed by atoms with E-state index in [9.17, 15) is 9.59 Å². The Hall–Kier alpha value is -2.41. The van der Waals surface area contributed by atoms with Crippen LogP contribution in [0, 0.1) is 6.92 Å². The third-order valence-corrected chi connectivity index (χ3v) is 5.23. The van der Waals surface area contributed by atoms with Crippen LogP contribution in [0.15, 0.2) is 35.4 Å². The van der Waals surface area contributed by atoms with Gasteiger partial charge in [-0.2, -0.15) is 0 Å². The molecule has 1 aromatic heterocycles. The number of fused-ring (bicyclic) bond motifs is 1. The Bertz CT molecular complexity index is 869. The molecule has 1 N–H and O–H groups in total. The van der Waals surface area contributed by atoms with Gasteiger partial charge in [0.15, 0.2) is 0 Å². The van der Waals surface area contributed by atoms with Gasteiger partial charge in [0, 0.05) is 24.1 Å². The molecule has 7 heteroatoms. The van der Waals surface area contributed by atoms with Crippen molar-refractivity contribution < 1.29 is 9.59 Å². The summed E-state index contributed by atoms with van der Waals surface area (Å²) in [4.78, 5) is 35.8. The Morgan fingerprint density at radius 3 is 2.81 bits per heavy atom. The number of nitrogens with zero attached hydrogens (tertiary/aromatic N) is 3. The van der Waals surface area contributed by atoms with Gasteiger partial charge >= 0.3 is 0 Å². The molecule has 6 nitrogen and oxygen atoms in total. The first-order valence-electron chi connectivity index (χ1n) is 9.04. The Morgan fingerprint density at radius 1 is 1.33 bits per heavy atom. The molecule has 3 rings (SSSR count). The van der Waals surface area contributed by atoms with Gasteiger partial charge in [-0.3, -0.25) is 9.59 Å². The number of aryl methyl sites for hydroxylation is 1. The first-order chi connectivity index (χ1) is 12.8. The molecule has 2 amide bonds. The highest BCUT2D eigenvalue weighted by atomic mass is 32.2. The SMILES string of the molecule is Cc1cc(SCC(=O)N2c3ccccc3NC(=O)C[C@H]2C)nc(C(C)C)n1. The van der Waals surface area contributed by atoms with Crippen LogP contribution < -0.4 is 10.2 Å². The molecule has 0 bridgehead atoms. The lowest BCUT2D eigenvalue weighted by molar-refractivity contribution is -0.117. The number of carbonyl (C=O) groups is 2. The largest absolute Gasteiger partial charge is 0.324 e. The molecule has 1 aromatic carbocycles. The third kappa shape index (κ3) is 4.47. The van der Waals surface area contributed by atoms with Crippen molar-refractivity contribution in [2.75, 3.05) is 16.0 Å². The van der Waals surface area contributed by atoms with Gasteiger partial charge in [0.05, 0.1) is 17.1 Å².